The van der Waals surface area contributed by atoms with Gasteiger partial charge < -0.3 is 14.5 Å². The highest BCUT2D eigenvalue weighted by atomic mass is 16.6. The number of rotatable bonds is 4. The second kappa shape index (κ2) is 5.91. The van der Waals surface area contributed by atoms with Gasteiger partial charge in [0.1, 0.15) is 11.4 Å². The molecule has 1 amide bonds. The summed E-state index contributed by atoms with van der Waals surface area (Å²) >= 11 is 0. The van der Waals surface area contributed by atoms with Gasteiger partial charge in [0, 0.05) is 6.54 Å². The second-order valence-electron chi connectivity index (χ2n) is 5.38. The summed E-state index contributed by atoms with van der Waals surface area (Å²) in [6.45, 7) is 5.95. The van der Waals surface area contributed by atoms with Crippen LogP contribution in [-0.4, -0.2) is 37.2 Å². The summed E-state index contributed by atoms with van der Waals surface area (Å²) in [4.78, 5) is 13.6. The lowest BCUT2D eigenvalue weighted by molar-refractivity contribution is 0.0511. The highest BCUT2D eigenvalue weighted by Gasteiger charge is 2.20. The summed E-state index contributed by atoms with van der Waals surface area (Å²) in [5, 5.41) is 2.75. The molecule has 1 unspecified atom stereocenters. The minimum absolute atomic E-state index is 0.00693. The minimum atomic E-state index is -0.484. The SMILES string of the molecule is CN(C)C(CNC(=O)OC(C)(C)C)c1ccco1. The van der Waals surface area contributed by atoms with E-state index in [9.17, 15) is 4.79 Å². The van der Waals surface area contributed by atoms with E-state index in [4.69, 9.17) is 9.15 Å². The average molecular weight is 254 g/mol. The van der Waals surface area contributed by atoms with Crippen molar-refractivity contribution in [2.24, 2.45) is 0 Å². The lowest BCUT2D eigenvalue weighted by atomic mass is 10.2. The van der Waals surface area contributed by atoms with Crippen molar-refractivity contribution in [2.45, 2.75) is 32.4 Å². The van der Waals surface area contributed by atoms with Crippen LogP contribution in [0.15, 0.2) is 22.8 Å². The Morgan fingerprint density at radius 1 is 1.50 bits per heavy atom. The number of carbonyl (C=O) groups excluding carboxylic acids is 1. The molecule has 0 bridgehead atoms. The van der Waals surface area contributed by atoms with Crippen molar-refractivity contribution in [3.8, 4) is 0 Å². The van der Waals surface area contributed by atoms with E-state index in [1.54, 1.807) is 6.26 Å². The molecule has 5 nitrogen and oxygen atoms in total. The van der Waals surface area contributed by atoms with Crippen LogP contribution < -0.4 is 5.32 Å². The first kappa shape index (κ1) is 14.6. The van der Waals surface area contributed by atoms with E-state index in [1.165, 1.54) is 0 Å². The molecular formula is C13H22N2O3. The van der Waals surface area contributed by atoms with E-state index in [2.05, 4.69) is 5.32 Å². The van der Waals surface area contributed by atoms with Crippen LogP contribution in [0.25, 0.3) is 0 Å². The lowest BCUT2D eigenvalue weighted by Gasteiger charge is -2.24. The Balaban J connectivity index is 2.52. The van der Waals surface area contributed by atoms with E-state index in [0.29, 0.717) is 6.54 Å². The first-order valence-corrected chi connectivity index (χ1v) is 5.96. The molecule has 1 rings (SSSR count). The fourth-order valence-electron chi connectivity index (χ4n) is 1.51. The minimum Gasteiger partial charge on any atom is -0.468 e. The maximum atomic E-state index is 11.6. The van der Waals surface area contributed by atoms with Crippen LogP contribution in [0.5, 0.6) is 0 Å². The van der Waals surface area contributed by atoms with Gasteiger partial charge in [-0.25, -0.2) is 4.79 Å². The quantitative estimate of drug-likeness (QED) is 0.896. The van der Waals surface area contributed by atoms with Crippen molar-refractivity contribution >= 4 is 6.09 Å². The van der Waals surface area contributed by atoms with E-state index in [-0.39, 0.29) is 6.04 Å². The van der Waals surface area contributed by atoms with Crippen molar-refractivity contribution in [1.29, 1.82) is 0 Å². The number of likely N-dealkylation sites (N-methyl/N-ethyl adjacent to an activating group) is 1. The first-order chi connectivity index (χ1) is 8.29. The Kier molecular flexibility index (Phi) is 4.78. The van der Waals surface area contributed by atoms with Crippen LogP contribution in [-0.2, 0) is 4.74 Å². The summed E-state index contributed by atoms with van der Waals surface area (Å²) in [5.74, 6) is 0.816. The molecule has 0 saturated heterocycles. The number of carbonyl (C=O) groups is 1. The van der Waals surface area contributed by atoms with Crippen LogP contribution in [0.1, 0.15) is 32.6 Å². The van der Waals surface area contributed by atoms with Crippen LogP contribution >= 0.6 is 0 Å². The third kappa shape index (κ3) is 4.79. The summed E-state index contributed by atoms with van der Waals surface area (Å²) in [5.41, 5.74) is -0.484. The number of nitrogens with one attached hydrogen (secondary N) is 1. The molecular weight excluding hydrogens is 232 g/mol. The third-order valence-corrected chi connectivity index (χ3v) is 2.33. The number of hydrogen-bond donors (Lipinski definition) is 1. The van der Waals surface area contributed by atoms with Crippen LogP contribution in [0.3, 0.4) is 0 Å². The highest BCUT2D eigenvalue weighted by Crippen LogP contribution is 2.17. The molecule has 0 aliphatic rings. The van der Waals surface area contributed by atoms with Crippen molar-refractivity contribution in [3.63, 3.8) is 0 Å². The summed E-state index contributed by atoms with van der Waals surface area (Å²) in [6.07, 6.45) is 1.21. The van der Waals surface area contributed by atoms with Gasteiger partial charge in [0.05, 0.1) is 12.3 Å². The molecule has 0 fully saturated rings. The van der Waals surface area contributed by atoms with Crippen molar-refractivity contribution in [2.75, 3.05) is 20.6 Å². The molecule has 1 atom stereocenters. The molecule has 1 aromatic heterocycles. The largest absolute Gasteiger partial charge is 0.468 e. The monoisotopic (exact) mass is 254 g/mol. The van der Waals surface area contributed by atoms with Gasteiger partial charge in [-0.3, -0.25) is 4.90 Å². The number of hydrogen-bond acceptors (Lipinski definition) is 4. The molecule has 0 spiro atoms. The normalized spacial score (nSPS) is 13.4. The van der Waals surface area contributed by atoms with Gasteiger partial charge in [0.15, 0.2) is 0 Å². The number of furan rings is 1. The molecule has 0 aliphatic heterocycles. The van der Waals surface area contributed by atoms with E-state index >= 15 is 0 Å². The van der Waals surface area contributed by atoms with Crippen molar-refractivity contribution < 1.29 is 13.9 Å². The first-order valence-electron chi connectivity index (χ1n) is 5.96. The maximum Gasteiger partial charge on any atom is 0.407 e. The number of ether oxygens (including phenoxy) is 1. The predicted octanol–water partition coefficient (Wildman–Crippen LogP) is 2.41. The Hall–Kier alpha value is -1.49. The molecule has 0 aliphatic carbocycles. The second-order valence-corrected chi connectivity index (χ2v) is 5.38. The van der Waals surface area contributed by atoms with Gasteiger partial charge in [0.2, 0.25) is 0 Å². The van der Waals surface area contributed by atoms with Gasteiger partial charge >= 0.3 is 6.09 Å². The standard InChI is InChI=1S/C13H22N2O3/c1-13(2,3)18-12(16)14-9-10(15(4)5)11-7-6-8-17-11/h6-8,10H,9H2,1-5H3,(H,14,16). The lowest BCUT2D eigenvalue weighted by Crippen LogP contribution is -2.37. The summed E-state index contributed by atoms with van der Waals surface area (Å²) < 4.78 is 10.5. The Morgan fingerprint density at radius 3 is 2.61 bits per heavy atom. The highest BCUT2D eigenvalue weighted by molar-refractivity contribution is 5.67. The maximum absolute atomic E-state index is 11.6. The zero-order valence-electron chi connectivity index (χ0n) is 11.7. The van der Waals surface area contributed by atoms with Crippen molar-refractivity contribution in [1.82, 2.24) is 10.2 Å². The van der Waals surface area contributed by atoms with E-state index in [1.807, 2.05) is 51.9 Å². The molecule has 0 aromatic carbocycles. The zero-order valence-corrected chi connectivity index (χ0v) is 11.7. The van der Waals surface area contributed by atoms with Crippen LogP contribution in [0.4, 0.5) is 4.79 Å². The average Bonchev–Trinajstić information content (AvgIpc) is 2.67. The number of nitrogens with zero attached hydrogens (tertiary/aromatic N) is 1. The predicted molar refractivity (Wildman–Crippen MR) is 69.4 cm³/mol. The van der Waals surface area contributed by atoms with Gasteiger partial charge in [-0.1, -0.05) is 0 Å². The summed E-state index contributed by atoms with van der Waals surface area (Å²) in [7, 11) is 3.87. The van der Waals surface area contributed by atoms with Gasteiger partial charge in [-0.05, 0) is 47.0 Å². The topological polar surface area (TPSA) is 54.7 Å². The molecule has 18 heavy (non-hydrogen) atoms. The van der Waals surface area contributed by atoms with Gasteiger partial charge in [-0.2, -0.15) is 0 Å². The fourth-order valence-corrected chi connectivity index (χ4v) is 1.51. The molecule has 1 heterocycles. The zero-order chi connectivity index (χ0) is 13.8. The van der Waals surface area contributed by atoms with E-state index < -0.39 is 11.7 Å². The van der Waals surface area contributed by atoms with Crippen LogP contribution in [0, 0.1) is 0 Å². The third-order valence-electron chi connectivity index (χ3n) is 2.33. The molecule has 1 aromatic rings. The molecule has 0 radical (unpaired) electrons. The Morgan fingerprint density at radius 2 is 2.17 bits per heavy atom. The molecule has 1 N–H and O–H groups in total. The van der Waals surface area contributed by atoms with E-state index in [0.717, 1.165) is 5.76 Å². The molecule has 0 saturated carbocycles. The smallest absolute Gasteiger partial charge is 0.407 e. The Labute approximate surface area is 108 Å². The van der Waals surface area contributed by atoms with Gasteiger partial charge in [0.25, 0.3) is 0 Å². The molecule has 102 valence electrons. The number of alkyl carbamates (subject to hydrolysis) is 1. The fraction of sp³-hybridized carbons (Fsp3) is 0.615. The van der Waals surface area contributed by atoms with Gasteiger partial charge in [-0.15, -0.1) is 0 Å². The van der Waals surface area contributed by atoms with Crippen LogP contribution in [0.2, 0.25) is 0 Å². The Bertz CT molecular complexity index is 366. The summed E-state index contributed by atoms with van der Waals surface area (Å²) in [6, 6.07) is 3.72. The number of amides is 1. The molecule has 5 heteroatoms. The van der Waals surface area contributed by atoms with Crippen molar-refractivity contribution in [3.05, 3.63) is 24.2 Å².